The zero-order chi connectivity index (χ0) is 13.6. The smallest absolute Gasteiger partial charge is 0.135 e. The van der Waals surface area contributed by atoms with E-state index in [-0.39, 0.29) is 5.92 Å². The first-order valence-electron chi connectivity index (χ1n) is 7.95. The number of carbonyl (C=O) groups excluding carboxylic acids is 1. The summed E-state index contributed by atoms with van der Waals surface area (Å²) in [7, 11) is 0. The second kappa shape index (κ2) is 13.1. The fourth-order valence-electron chi connectivity index (χ4n) is 2.26. The maximum Gasteiger partial charge on any atom is 0.135 e. The molecule has 0 radical (unpaired) electrons. The average Bonchev–Trinajstić information content (AvgIpc) is 2.38. The summed E-state index contributed by atoms with van der Waals surface area (Å²) in [4.78, 5) is 11.8. The number of ketones is 1. The molecular weight excluding hydrogens is 222 g/mol. The van der Waals surface area contributed by atoms with Gasteiger partial charge in [-0.1, -0.05) is 58.8 Å². The van der Waals surface area contributed by atoms with Crippen LogP contribution in [0.4, 0.5) is 0 Å². The van der Waals surface area contributed by atoms with Crippen LogP contribution in [0, 0.1) is 5.92 Å². The largest absolute Gasteiger partial charge is 0.330 e. The molecule has 0 saturated carbocycles. The normalized spacial score (nSPS) is 12.6. The van der Waals surface area contributed by atoms with Crippen molar-refractivity contribution in [3.05, 3.63) is 0 Å². The zero-order valence-corrected chi connectivity index (χ0v) is 12.5. The van der Waals surface area contributed by atoms with Crippen molar-refractivity contribution in [2.75, 3.05) is 6.54 Å². The van der Waals surface area contributed by atoms with Crippen LogP contribution >= 0.6 is 0 Å². The lowest BCUT2D eigenvalue weighted by Gasteiger charge is -2.09. The van der Waals surface area contributed by atoms with Crippen LogP contribution in [0.1, 0.15) is 84.5 Å². The van der Waals surface area contributed by atoms with E-state index in [0.717, 1.165) is 25.7 Å². The summed E-state index contributed by atoms with van der Waals surface area (Å²) < 4.78 is 0. The summed E-state index contributed by atoms with van der Waals surface area (Å²) in [5, 5.41) is 0. The van der Waals surface area contributed by atoms with Crippen molar-refractivity contribution in [2.24, 2.45) is 11.7 Å². The average molecular weight is 255 g/mol. The standard InChI is InChI=1S/C16H33NO/c1-3-4-5-6-7-8-9-10-13-16(18)15(2)12-11-14-17/h15H,3-14,17H2,1-2H3. The van der Waals surface area contributed by atoms with Crippen molar-refractivity contribution in [3.63, 3.8) is 0 Å². The fourth-order valence-corrected chi connectivity index (χ4v) is 2.26. The Morgan fingerprint density at radius 2 is 1.50 bits per heavy atom. The summed E-state index contributed by atoms with van der Waals surface area (Å²) in [6.45, 7) is 5.00. The quantitative estimate of drug-likeness (QED) is 0.494. The fraction of sp³-hybridized carbons (Fsp3) is 0.938. The molecule has 0 aliphatic heterocycles. The molecule has 0 aromatic heterocycles. The predicted octanol–water partition coefficient (Wildman–Crippen LogP) is 4.46. The molecule has 0 saturated heterocycles. The Morgan fingerprint density at radius 1 is 0.944 bits per heavy atom. The Hall–Kier alpha value is -0.370. The molecule has 0 aromatic carbocycles. The SMILES string of the molecule is CCCCCCCCCCC(=O)C(C)CCCN. The van der Waals surface area contributed by atoms with Gasteiger partial charge in [0.2, 0.25) is 0 Å². The monoisotopic (exact) mass is 255 g/mol. The number of nitrogens with two attached hydrogens (primary N) is 1. The summed E-state index contributed by atoms with van der Waals surface area (Å²) in [5.41, 5.74) is 5.46. The van der Waals surface area contributed by atoms with Crippen molar-refractivity contribution >= 4 is 5.78 Å². The van der Waals surface area contributed by atoms with Crippen molar-refractivity contribution in [3.8, 4) is 0 Å². The lowest BCUT2D eigenvalue weighted by molar-refractivity contribution is -0.122. The molecule has 0 bridgehead atoms. The lowest BCUT2D eigenvalue weighted by Crippen LogP contribution is -2.12. The molecule has 0 amide bonds. The van der Waals surface area contributed by atoms with E-state index in [2.05, 4.69) is 6.92 Å². The lowest BCUT2D eigenvalue weighted by atomic mass is 9.96. The second-order valence-electron chi connectivity index (χ2n) is 5.52. The van der Waals surface area contributed by atoms with Crippen LogP contribution < -0.4 is 5.73 Å². The van der Waals surface area contributed by atoms with E-state index in [1.54, 1.807) is 0 Å². The number of carbonyl (C=O) groups is 1. The van der Waals surface area contributed by atoms with Crippen molar-refractivity contribution in [1.82, 2.24) is 0 Å². The van der Waals surface area contributed by atoms with Crippen LogP contribution in [0.3, 0.4) is 0 Å². The third-order valence-corrected chi connectivity index (χ3v) is 3.67. The van der Waals surface area contributed by atoms with Gasteiger partial charge >= 0.3 is 0 Å². The van der Waals surface area contributed by atoms with Gasteiger partial charge in [0.1, 0.15) is 5.78 Å². The van der Waals surface area contributed by atoms with Gasteiger partial charge in [-0.05, 0) is 25.8 Å². The van der Waals surface area contributed by atoms with Gasteiger partial charge in [-0.25, -0.2) is 0 Å². The highest BCUT2D eigenvalue weighted by Crippen LogP contribution is 2.13. The van der Waals surface area contributed by atoms with Gasteiger partial charge in [0, 0.05) is 12.3 Å². The third kappa shape index (κ3) is 10.8. The number of Topliss-reactive ketones (excluding diaryl/α,β-unsaturated/α-hetero) is 1. The van der Waals surface area contributed by atoms with Crippen LogP contribution in [0.25, 0.3) is 0 Å². The third-order valence-electron chi connectivity index (χ3n) is 3.67. The highest BCUT2D eigenvalue weighted by molar-refractivity contribution is 5.80. The highest BCUT2D eigenvalue weighted by atomic mass is 16.1. The van der Waals surface area contributed by atoms with Gasteiger partial charge in [-0.15, -0.1) is 0 Å². The molecule has 0 aromatic rings. The van der Waals surface area contributed by atoms with E-state index in [0.29, 0.717) is 12.3 Å². The molecule has 0 spiro atoms. The molecule has 0 aliphatic rings. The number of hydrogen-bond donors (Lipinski definition) is 1. The van der Waals surface area contributed by atoms with E-state index in [4.69, 9.17) is 5.73 Å². The van der Waals surface area contributed by atoms with Crippen molar-refractivity contribution in [1.29, 1.82) is 0 Å². The molecule has 0 fully saturated rings. The first kappa shape index (κ1) is 17.6. The van der Waals surface area contributed by atoms with E-state index in [1.165, 1.54) is 44.9 Å². The molecule has 0 aliphatic carbocycles. The summed E-state index contributed by atoms with van der Waals surface area (Å²) in [6.07, 6.45) is 13.1. The molecule has 2 N–H and O–H groups in total. The molecule has 18 heavy (non-hydrogen) atoms. The molecular formula is C16H33NO. The number of hydrogen-bond acceptors (Lipinski definition) is 2. The van der Waals surface area contributed by atoms with Crippen LogP contribution in [0.2, 0.25) is 0 Å². The zero-order valence-electron chi connectivity index (χ0n) is 12.5. The van der Waals surface area contributed by atoms with Gasteiger partial charge in [-0.3, -0.25) is 4.79 Å². The molecule has 2 heteroatoms. The Morgan fingerprint density at radius 3 is 2.06 bits per heavy atom. The predicted molar refractivity (Wildman–Crippen MR) is 79.7 cm³/mol. The van der Waals surface area contributed by atoms with Gasteiger partial charge in [0.05, 0.1) is 0 Å². The molecule has 0 heterocycles. The first-order valence-corrected chi connectivity index (χ1v) is 7.95. The minimum absolute atomic E-state index is 0.220. The van der Waals surface area contributed by atoms with Crippen LogP contribution in [-0.2, 0) is 4.79 Å². The van der Waals surface area contributed by atoms with Crippen LogP contribution in [0.15, 0.2) is 0 Å². The van der Waals surface area contributed by atoms with Crippen LogP contribution in [0.5, 0.6) is 0 Å². The molecule has 0 rings (SSSR count). The molecule has 1 unspecified atom stereocenters. The minimum Gasteiger partial charge on any atom is -0.330 e. The second-order valence-corrected chi connectivity index (χ2v) is 5.52. The van der Waals surface area contributed by atoms with Gasteiger partial charge in [0.15, 0.2) is 0 Å². The summed E-state index contributed by atoms with van der Waals surface area (Å²) in [5.74, 6) is 0.660. The highest BCUT2D eigenvalue weighted by Gasteiger charge is 2.11. The van der Waals surface area contributed by atoms with Gasteiger partial charge < -0.3 is 5.73 Å². The van der Waals surface area contributed by atoms with E-state index in [9.17, 15) is 4.79 Å². The topological polar surface area (TPSA) is 43.1 Å². The van der Waals surface area contributed by atoms with E-state index < -0.39 is 0 Å². The molecule has 1 atom stereocenters. The van der Waals surface area contributed by atoms with E-state index >= 15 is 0 Å². The maximum atomic E-state index is 11.8. The van der Waals surface area contributed by atoms with Gasteiger partial charge in [-0.2, -0.15) is 0 Å². The Bertz CT molecular complexity index is 192. The summed E-state index contributed by atoms with van der Waals surface area (Å²) in [6, 6.07) is 0. The Kier molecular flexibility index (Phi) is 12.8. The maximum absolute atomic E-state index is 11.8. The van der Waals surface area contributed by atoms with Crippen molar-refractivity contribution < 1.29 is 4.79 Å². The minimum atomic E-state index is 0.220. The molecule has 108 valence electrons. The van der Waals surface area contributed by atoms with E-state index in [1.807, 2.05) is 6.92 Å². The van der Waals surface area contributed by atoms with Crippen molar-refractivity contribution in [2.45, 2.75) is 84.5 Å². The number of rotatable bonds is 13. The van der Waals surface area contributed by atoms with Crippen LogP contribution in [-0.4, -0.2) is 12.3 Å². The van der Waals surface area contributed by atoms with Gasteiger partial charge in [0.25, 0.3) is 0 Å². The summed E-state index contributed by atoms with van der Waals surface area (Å²) >= 11 is 0. The Balaban J connectivity index is 3.29. The molecule has 2 nitrogen and oxygen atoms in total. The number of unbranched alkanes of at least 4 members (excludes halogenated alkanes) is 7. The first-order chi connectivity index (χ1) is 8.72. The Labute approximate surface area is 114 Å².